The van der Waals surface area contributed by atoms with E-state index in [1.165, 1.54) is 18.2 Å². The number of allylic oxidation sites excluding steroid dienone is 4. The molecule has 0 amide bonds. The summed E-state index contributed by atoms with van der Waals surface area (Å²) in [4.78, 5) is 105. The Labute approximate surface area is 518 Å². The van der Waals surface area contributed by atoms with Crippen LogP contribution in [0.25, 0.3) is 36.4 Å². The van der Waals surface area contributed by atoms with Gasteiger partial charge in [0.1, 0.15) is 78.3 Å². The van der Waals surface area contributed by atoms with Crippen LogP contribution < -0.4 is 0 Å². The van der Waals surface area contributed by atoms with E-state index in [0.717, 1.165) is 34.0 Å². The number of Topliss-reactive ketones (excluding diaryl/α,β-unsaturated/α-hetero) is 2. The highest BCUT2D eigenvalue weighted by Crippen LogP contribution is 2.66. The van der Waals surface area contributed by atoms with E-state index < -0.39 is 89.7 Å². The van der Waals surface area contributed by atoms with Gasteiger partial charge in [0.05, 0.1) is 20.2 Å². The lowest BCUT2D eigenvalue weighted by Crippen LogP contribution is -2.51. The first-order valence-electron chi connectivity index (χ1n) is 27.3. The zero-order chi connectivity index (χ0) is 61.6. The molecule has 0 saturated carbocycles. The van der Waals surface area contributed by atoms with Gasteiger partial charge >= 0.3 is 23.9 Å². The molecule has 0 aliphatic heterocycles. The number of ether oxygens (including phenoxy) is 4. The number of carbonyl (C=O) groups excluding carboxylic acids is 6. The zero-order valence-electron chi connectivity index (χ0n) is 46.1. The standard InChI is InChI=1S/C70H38N6O10S3/c71-31-43(32-72)53-45-25-13-15-27-47(45)60(77)58(53)75-51-29-49-55(69(51,65(79)83-35-39-17-5-1-6-18-39)66(80)84-36-40-19-7-2-8-20-40)56-63(87-49)64-57(70(56,67(81)85-37-41-21-9-3-10-22-41)68(82)86-38-42-23-11-4-12-24-42)62-50(88-64)30-52(89-62)76-59-54(44(33-73)34-74)46-26-14-16-28-48(46)61(59)78/h1-30H,35-38H2/b75-58-,76-59+. The third kappa shape index (κ3) is 9.21. The number of hydrogen-bond acceptors (Lipinski definition) is 19. The van der Waals surface area contributed by atoms with E-state index >= 15 is 19.2 Å². The maximum atomic E-state index is 16.4. The van der Waals surface area contributed by atoms with Crippen molar-refractivity contribution in [2.24, 2.45) is 9.98 Å². The molecule has 0 N–H and O–H groups in total. The molecule has 13 rings (SSSR count). The van der Waals surface area contributed by atoms with Gasteiger partial charge in [-0.15, -0.1) is 34.0 Å². The van der Waals surface area contributed by atoms with Gasteiger partial charge in [-0.25, -0.2) is 9.98 Å². The summed E-state index contributed by atoms with van der Waals surface area (Å²) in [5, 5.41) is 41.4. The summed E-state index contributed by atoms with van der Waals surface area (Å²) >= 11 is 3.12. The van der Waals surface area contributed by atoms with Crippen molar-refractivity contribution in [2.75, 3.05) is 0 Å². The fourth-order valence-corrected chi connectivity index (χ4v) is 15.7. The van der Waals surface area contributed by atoms with Gasteiger partial charge in [0.2, 0.25) is 22.4 Å². The van der Waals surface area contributed by atoms with Crippen LogP contribution in [-0.4, -0.2) is 46.9 Å². The Morgan fingerprint density at radius 1 is 0.427 bits per heavy atom. The molecule has 4 aliphatic carbocycles. The van der Waals surface area contributed by atoms with Crippen LogP contribution in [0, 0.1) is 45.3 Å². The van der Waals surface area contributed by atoms with Crippen molar-refractivity contribution in [3.8, 4) is 34.0 Å². The van der Waals surface area contributed by atoms with Gasteiger partial charge in [-0.2, -0.15) is 21.0 Å². The Balaban J connectivity index is 1.10. The number of aliphatic imine (C=N–C) groups is 2. The summed E-state index contributed by atoms with van der Waals surface area (Å²) in [6.45, 7) is -1.66. The van der Waals surface area contributed by atoms with E-state index in [9.17, 15) is 30.6 Å². The van der Waals surface area contributed by atoms with Crippen LogP contribution in [0.1, 0.15) is 75.7 Å². The highest BCUT2D eigenvalue weighted by molar-refractivity contribution is 7.33. The van der Waals surface area contributed by atoms with Gasteiger partial charge in [0.25, 0.3) is 0 Å². The highest BCUT2D eigenvalue weighted by atomic mass is 32.1. The molecule has 0 saturated heterocycles. The van der Waals surface area contributed by atoms with Crippen molar-refractivity contribution in [1.82, 2.24) is 0 Å². The van der Waals surface area contributed by atoms with Crippen LogP contribution in [0.3, 0.4) is 0 Å². The Morgan fingerprint density at radius 2 is 0.798 bits per heavy atom. The van der Waals surface area contributed by atoms with Crippen molar-refractivity contribution >= 4 is 113 Å². The molecule has 19 heteroatoms. The van der Waals surface area contributed by atoms with Crippen LogP contribution in [0.15, 0.2) is 203 Å². The Bertz CT molecular complexity index is 4770. The minimum atomic E-state index is -2.96. The first-order valence-corrected chi connectivity index (χ1v) is 29.8. The fourth-order valence-electron chi connectivity index (χ4n) is 11.5. The summed E-state index contributed by atoms with van der Waals surface area (Å²) < 4.78 is 26.1. The summed E-state index contributed by atoms with van der Waals surface area (Å²) in [7, 11) is 0. The summed E-state index contributed by atoms with van der Waals surface area (Å²) in [5.74, 6) is -6.29. The Hall–Kier alpha value is -11.6. The van der Waals surface area contributed by atoms with Crippen LogP contribution >= 0.6 is 34.0 Å². The van der Waals surface area contributed by atoms with Crippen molar-refractivity contribution in [1.29, 1.82) is 21.0 Å². The van der Waals surface area contributed by atoms with Crippen molar-refractivity contribution in [2.45, 2.75) is 37.3 Å². The maximum Gasteiger partial charge on any atom is 0.334 e. The molecule has 4 aliphatic rings. The molecule has 0 atom stereocenters. The lowest BCUT2D eigenvalue weighted by atomic mass is 9.70. The summed E-state index contributed by atoms with van der Waals surface area (Å²) in [6, 6.07) is 56.4. The SMILES string of the molecule is N#CC(C#N)=C1/C(=N/C2=Cc3sc4c(c3C2(C(=O)OCc2ccccc2)C(=O)OCc2ccccc2)C(C(=O)OCc2ccccc2)(C(=O)OCc2ccccc2)c2c-4sc3cc(/N=C4/C(=O)c5ccccc5C4=C(C#N)C#N)sc23)C(=O)c2ccccc21. The van der Waals surface area contributed by atoms with E-state index in [1.807, 2.05) is 24.3 Å². The van der Waals surface area contributed by atoms with Gasteiger partial charge in [0, 0.05) is 48.5 Å². The lowest BCUT2D eigenvalue weighted by molar-refractivity contribution is -0.167. The van der Waals surface area contributed by atoms with Gasteiger partial charge in [-0.05, 0) is 45.5 Å². The quantitative estimate of drug-likeness (QED) is 0.0424. The average molecular weight is 1220 g/mol. The normalized spacial score (nSPS) is 15.1. The topological polar surface area (TPSA) is 259 Å². The fraction of sp³-hybridized carbons (Fsp3) is 0.0857. The Kier molecular flexibility index (Phi) is 14.6. The monoisotopic (exact) mass is 1220 g/mol. The summed E-state index contributed by atoms with van der Waals surface area (Å²) in [6.07, 6.45) is 1.38. The molecule has 426 valence electrons. The number of thiophene rings is 3. The molecule has 0 spiro atoms. The largest absolute Gasteiger partial charge is 0.459 e. The smallest absolute Gasteiger partial charge is 0.334 e. The number of benzene rings is 6. The average Bonchev–Trinajstić information content (AvgIpc) is 1.53. The number of rotatable bonds is 14. The molecule has 0 radical (unpaired) electrons. The first kappa shape index (κ1) is 56.5. The molecule has 0 unspecified atom stereocenters. The molecular formula is C70H38N6O10S3. The van der Waals surface area contributed by atoms with Crippen molar-refractivity contribution in [3.63, 3.8) is 0 Å². The third-order valence-electron chi connectivity index (χ3n) is 15.5. The number of nitrogens with zero attached hydrogens (tertiary/aromatic N) is 6. The second kappa shape index (κ2) is 23.0. The van der Waals surface area contributed by atoms with Gasteiger partial charge in [-0.3, -0.25) is 28.8 Å². The molecule has 6 aromatic carbocycles. The molecule has 89 heavy (non-hydrogen) atoms. The van der Waals surface area contributed by atoms with Gasteiger partial charge in [-0.1, -0.05) is 170 Å². The number of esters is 4. The van der Waals surface area contributed by atoms with Gasteiger partial charge in [0.15, 0.2) is 0 Å². The molecule has 0 bridgehead atoms. The van der Waals surface area contributed by atoms with Gasteiger partial charge < -0.3 is 18.9 Å². The number of ketones is 2. The molecule has 0 fully saturated rings. The molecule has 3 heterocycles. The maximum absolute atomic E-state index is 16.4. The second-order valence-electron chi connectivity index (χ2n) is 20.5. The van der Waals surface area contributed by atoms with E-state index in [0.29, 0.717) is 37.4 Å². The van der Waals surface area contributed by atoms with Crippen LogP contribution in [0.5, 0.6) is 0 Å². The van der Waals surface area contributed by atoms with Crippen LogP contribution in [0.4, 0.5) is 5.00 Å². The van der Waals surface area contributed by atoms with E-state index in [2.05, 4.69) is 0 Å². The minimum absolute atomic E-state index is 0.0300. The van der Waals surface area contributed by atoms with Crippen molar-refractivity contribution < 1.29 is 47.7 Å². The van der Waals surface area contributed by atoms with Crippen LogP contribution in [-0.2, 0) is 75.4 Å². The van der Waals surface area contributed by atoms with E-state index in [1.54, 1.807) is 164 Å². The number of hydrogen-bond donors (Lipinski definition) is 0. The summed E-state index contributed by atoms with van der Waals surface area (Å²) in [5.41, 5.74) is -5.48. The second-order valence-corrected chi connectivity index (χ2v) is 23.7. The lowest BCUT2D eigenvalue weighted by Gasteiger charge is -2.32. The molecule has 9 aromatic rings. The van der Waals surface area contributed by atoms with Crippen molar-refractivity contribution in [3.05, 3.63) is 259 Å². The van der Waals surface area contributed by atoms with E-state index in [4.69, 9.17) is 28.9 Å². The highest BCUT2D eigenvalue weighted by Gasteiger charge is 2.69. The van der Waals surface area contributed by atoms with Crippen LogP contribution in [0.2, 0.25) is 0 Å². The number of nitriles is 4. The minimum Gasteiger partial charge on any atom is -0.459 e. The molecule has 3 aromatic heterocycles. The predicted octanol–water partition coefficient (Wildman–Crippen LogP) is 12.8. The number of carbonyl (C=O) groups is 6. The van der Waals surface area contributed by atoms with E-state index in [-0.39, 0.29) is 75.3 Å². The molecule has 16 nitrogen and oxygen atoms in total. The zero-order valence-corrected chi connectivity index (χ0v) is 48.6. The first-order chi connectivity index (χ1) is 43.4. The Morgan fingerprint density at radius 3 is 1.21 bits per heavy atom. The number of fused-ring (bicyclic) bond motifs is 9. The predicted molar refractivity (Wildman–Crippen MR) is 331 cm³/mol. The third-order valence-corrected chi connectivity index (χ3v) is 19.1. The molecular weight excluding hydrogens is 1180 g/mol.